The van der Waals surface area contributed by atoms with E-state index in [4.69, 9.17) is 10.2 Å². The van der Waals surface area contributed by atoms with E-state index < -0.39 is 6.10 Å². The van der Waals surface area contributed by atoms with Crippen LogP contribution in [0.25, 0.3) is 0 Å². The van der Waals surface area contributed by atoms with E-state index in [2.05, 4.69) is 0 Å². The van der Waals surface area contributed by atoms with Crippen LogP contribution in [0.2, 0.25) is 0 Å². The Hall–Kier alpha value is -1.07. The highest BCUT2D eigenvalue weighted by Gasteiger charge is 2.07. The quantitative estimate of drug-likeness (QED) is 0.667. The van der Waals surface area contributed by atoms with Crippen molar-refractivity contribution >= 4 is 0 Å². The van der Waals surface area contributed by atoms with Crippen molar-refractivity contribution in [3.63, 3.8) is 0 Å². The summed E-state index contributed by atoms with van der Waals surface area (Å²) in [5, 5.41) is 17.8. The summed E-state index contributed by atoms with van der Waals surface area (Å²) in [5.74, 6) is 0. The molecule has 1 heterocycles. The average molecular weight is 200 g/mol. The Labute approximate surface area is 82.2 Å². The van der Waals surface area contributed by atoms with Gasteiger partial charge in [-0.3, -0.25) is 9.13 Å². The Morgan fingerprint density at radius 3 is 2.64 bits per heavy atom. The van der Waals surface area contributed by atoms with Crippen molar-refractivity contribution in [3.05, 3.63) is 22.9 Å². The van der Waals surface area contributed by atoms with Gasteiger partial charge in [-0.15, -0.1) is 0 Å². The summed E-state index contributed by atoms with van der Waals surface area (Å²) in [6.07, 6.45) is 3.34. The SMILES string of the molecule is CCCn1ccn(CC(O)CO)c1=O. The summed E-state index contributed by atoms with van der Waals surface area (Å²) >= 11 is 0. The van der Waals surface area contributed by atoms with Crippen molar-refractivity contribution in [2.45, 2.75) is 32.5 Å². The van der Waals surface area contributed by atoms with E-state index in [0.29, 0.717) is 6.54 Å². The minimum atomic E-state index is -0.870. The normalized spacial score (nSPS) is 13.1. The Morgan fingerprint density at radius 2 is 2.07 bits per heavy atom. The van der Waals surface area contributed by atoms with Crippen molar-refractivity contribution in [2.24, 2.45) is 0 Å². The Bertz CT molecular complexity index is 329. The fourth-order valence-electron chi connectivity index (χ4n) is 1.29. The number of rotatable bonds is 5. The van der Waals surface area contributed by atoms with E-state index >= 15 is 0 Å². The highest BCUT2D eigenvalue weighted by Crippen LogP contribution is 1.91. The second-order valence-electron chi connectivity index (χ2n) is 3.26. The fraction of sp³-hybridized carbons (Fsp3) is 0.667. The van der Waals surface area contributed by atoms with Gasteiger partial charge < -0.3 is 10.2 Å². The molecule has 0 aliphatic carbocycles. The molecule has 0 spiro atoms. The Morgan fingerprint density at radius 1 is 1.43 bits per heavy atom. The average Bonchev–Trinajstić information content (AvgIpc) is 2.50. The van der Waals surface area contributed by atoms with Crippen molar-refractivity contribution in [2.75, 3.05) is 6.61 Å². The summed E-state index contributed by atoms with van der Waals surface area (Å²) in [7, 11) is 0. The Balaban J connectivity index is 2.74. The standard InChI is InChI=1S/C9H16N2O3/c1-2-3-10-4-5-11(9(10)14)6-8(13)7-12/h4-5,8,12-13H,2-3,6-7H2,1H3. The van der Waals surface area contributed by atoms with E-state index in [1.54, 1.807) is 17.0 Å². The number of hydrogen-bond acceptors (Lipinski definition) is 3. The molecule has 14 heavy (non-hydrogen) atoms. The lowest BCUT2D eigenvalue weighted by Crippen LogP contribution is -2.29. The van der Waals surface area contributed by atoms with E-state index in [1.807, 2.05) is 6.92 Å². The molecule has 0 saturated carbocycles. The van der Waals surface area contributed by atoms with Crippen LogP contribution in [0, 0.1) is 0 Å². The van der Waals surface area contributed by atoms with Crippen LogP contribution in [0.15, 0.2) is 17.2 Å². The molecular formula is C9H16N2O3. The number of aryl methyl sites for hydroxylation is 1. The van der Waals surface area contributed by atoms with Gasteiger partial charge in [-0.05, 0) is 6.42 Å². The molecule has 2 N–H and O–H groups in total. The minimum Gasteiger partial charge on any atom is -0.394 e. The Kier molecular flexibility index (Phi) is 3.91. The summed E-state index contributed by atoms with van der Waals surface area (Å²) in [5.41, 5.74) is -0.139. The molecule has 1 rings (SSSR count). The molecule has 0 saturated heterocycles. The fourth-order valence-corrected chi connectivity index (χ4v) is 1.29. The third-order valence-corrected chi connectivity index (χ3v) is 2.00. The first-order chi connectivity index (χ1) is 6.69. The predicted octanol–water partition coefficient (Wildman–Crippen LogP) is -0.587. The van der Waals surface area contributed by atoms with Crippen molar-refractivity contribution in [1.29, 1.82) is 0 Å². The first kappa shape index (κ1) is 11.0. The van der Waals surface area contributed by atoms with Gasteiger partial charge in [0, 0.05) is 18.9 Å². The van der Waals surface area contributed by atoms with Crippen LogP contribution in [-0.4, -0.2) is 32.1 Å². The lowest BCUT2D eigenvalue weighted by atomic mass is 10.4. The molecule has 0 aliphatic heterocycles. The third kappa shape index (κ3) is 2.46. The van der Waals surface area contributed by atoms with Gasteiger partial charge in [0.1, 0.15) is 0 Å². The summed E-state index contributed by atoms with van der Waals surface area (Å²) in [4.78, 5) is 11.5. The first-order valence-corrected chi connectivity index (χ1v) is 4.73. The van der Waals surface area contributed by atoms with Gasteiger partial charge in [-0.2, -0.15) is 0 Å². The zero-order valence-corrected chi connectivity index (χ0v) is 8.26. The number of aromatic nitrogens is 2. The largest absolute Gasteiger partial charge is 0.394 e. The van der Waals surface area contributed by atoms with Crippen molar-refractivity contribution in [1.82, 2.24) is 9.13 Å². The minimum absolute atomic E-state index is 0.139. The van der Waals surface area contributed by atoms with E-state index in [-0.39, 0.29) is 18.8 Å². The van der Waals surface area contributed by atoms with Crippen LogP contribution in [0.5, 0.6) is 0 Å². The maximum atomic E-state index is 11.5. The van der Waals surface area contributed by atoms with Crippen LogP contribution in [0.4, 0.5) is 0 Å². The van der Waals surface area contributed by atoms with Crippen LogP contribution in [0.1, 0.15) is 13.3 Å². The lowest BCUT2D eigenvalue weighted by Gasteiger charge is -2.06. The van der Waals surface area contributed by atoms with Gasteiger partial charge >= 0.3 is 5.69 Å². The zero-order chi connectivity index (χ0) is 10.6. The molecular weight excluding hydrogens is 184 g/mol. The summed E-state index contributed by atoms with van der Waals surface area (Å²) < 4.78 is 2.99. The van der Waals surface area contributed by atoms with Crippen molar-refractivity contribution in [3.8, 4) is 0 Å². The van der Waals surface area contributed by atoms with Gasteiger partial charge in [0.2, 0.25) is 0 Å². The highest BCUT2D eigenvalue weighted by atomic mass is 16.3. The van der Waals surface area contributed by atoms with Gasteiger partial charge in [0.05, 0.1) is 19.3 Å². The second-order valence-corrected chi connectivity index (χ2v) is 3.26. The summed E-state index contributed by atoms with van der Waals surface area (Å²) in [6.45, 7) is 2.49. The number of imidazole rings is 1. The molecule has 5 nitrogen and oxygen atoms in total. The molecule has 1 unspecified atom stereocenters. The number of aliphatic hydroxyl groups excluding tert-OH is 2. The molecule has 0 bridgehead atoms. The molecule has 0 radical (unpaired) electrons. The van der Waals surface area contributed by atoms with E-state index in [1.165, 1.54) is 4.57 Å². The van der Waals surface area contributed by atoms with Gasteiger partial charge in [-0.1, -0.05) is 6.92 Å². The van der Waals surface area contributed by atoms with E-state index in [9.17, 15) is 4.79 Å². The number of nitrogens with zero attached hydrogens (tertiary/aromatic N) is 2. The molecule has 0 amide bonds. The monoisotopic (exact) mass is 200 g/mol. The van der Waals surface area contributed by atoms with Crippen LogP contribution in [0.3, 0.4) is 0 Å². The first-order valence-electron chi connectivity index (χ1n) is 4.73. The van der Waals surface area contributed by atoms with E-state index in [0.717, 1.165) is 6.42 Å². The number of hydrogen-bond donors (Lipinski definition) is 2. The zero-order valence-electron chi connectivity index (χ0n) is 8.26. The number of aliphatic hydroxyl groups is 2. The molecule has 0 aromatic carbocycles. The molecule has 1 atom stereocenters. The van der Waals surface area contributed by atoms with Gasteiger partial charge in [-0.25, -0.2) is 4.79 Å². The summed E-state index contributed by atoms with van der Waals surface area (Å²) in [6, 6.07) is 0. The third-order valence-electron chi connectivity index (χ3n) is 2.00. The molecule has 80 valence electrons. The van der Waals surface area contributed by atoms with Crippen LogP contribution >= 0.6 is 0 Å². The highest BCUT2D eigenvalue weighted by molar-refractivity contribution is 4.82. The predicted molar refractivity (Wildman–Crippen MR) is 52.1 cm³/mol. The molecule has 1 aromatic heterocycles. The molecule has 1 aromatic rings. The maximum absolute atomic E-state index is 11.5. The van der Waals surface area contributed by atoms with Crippen LogP contribution < -0.4 is 5.69 Å². The topological polar surface area (TPSA) is 67.4 Å². The molecule has 5 heteroatoms. The van der Waals surface area contributed by atoms with Gasteiger partial charge in [0.15, 0.2) is 0 Å². The van der Waals surface area contributed by atoms with Gasteiger partial charge in [0.25, 0.3) is 0 Å². The molecule has 0 aliphatic rings. The van der Waals surface area contributed by atoms with Crippen LogP contribution in [-0.2, 0) is 13.1 Å². The molecule has 0 fully saturated rings. The van der Waals surface area contributed by atoms with Crippen molar-refractivity contribution < 1.29 is 10.2 Å². The second kappa shape index (κ2) is 4.97. The maximum Gasteiger partial charge on any atom is 0.328 e. The lowest BCUT2D eigenvalue weighted by molar-refractivity contribution is 0.0803. The smallest absolute Gasteiger partial charge is 0.328 e.